The largest absolute Gasteiger partial charge is 0.444 e. The average Bonchev–Trinajstić information content (AvgIpc) is 3.09. The first-order chi connectivity index (χ1) is 14.5. The monoisotopic (exact) mass is 419 g/mol. The van der Waals surface area contributed by atoms with Gasteiger partial charge in [0, 0.05) is 10.4 Å². The van der Waals surface area contributed by atoms with Gasteiger partial charge in [0.05, 0.1) is 5.56 Å². The number of carbonyl (C=O) groups excluding carboxylic acids is 2. The topological polar surface area (TPSA) is 55.4 Å². The summed E-state index contributed by atoms with van der Waals surface area (Å²) in [5.74, 6) is 0.542. The second-order valence-corrected chi connectivity index (χ2v) is 9.05. The number of thiophene rings is 1. The van der Waals surface area contributed by atoms with Crippen LogP contribution < -0.4 is 5.32 Å². The molecule has 1 heterocycles. The summed E-state index contributed by atoms with van der Waals surface area (Å²) in [5, 5.41) is 3.45. The zero-order valence-electron chi connectivity index (χ0n) is 17.2. The normalized spacial score (nSPS) is 15.3. The van der Waals surface area contributed by atoms with E-state index < -0.39 is 6.09 Å². The van der Waals surface area contributed by atoms with Gasteiger partial charge in [-0.1, -0.05) is 61.0 Å². The molecule has 5 heteroatoms. The van der Waals surface area contributed by atoms with Gasteiger partial charge < -0.3 is 4.74 Å². The number of nitrogens with one attached hydrogen (secondary N) is 1. The Bertz CT molecular complexity index is 1070. The Kier molecular flexibility index (Phi) is 6.00. The maximum absolute atomic E-state index is 13.4. The standard InChI is InChI=1S/C25H25NO3S/c1-16-7-6-10-19(13-16)23(27)22-20-12-11-17(2)14-21(20)30-24(22)26-25(28)29-15-18-8-4-3-5-9-18/h3-10,13,17H,11-12,14-15H2,1-2H3,(H,26,28). The third-order valence-corrected chi connectivity index (χ3v) is 6.62. The van der Waals surface area contributed by atoms with Gasteiger partial charge in [0.1, 0.15) is 11.6 Å². The number of amides is 1. The van der Waals surface area contributed by atoms with Crippen molar-refractivity contribution in [1.29, 1.82) is 0 Å². The number of ether oxygens (including phenoxy) is 1. The molecule has 1 unspecified atom stereocenters. The molecule has 4 nitrogen and oxygen atoms in total. The lowest BCUT2D eigenvalue weighted by atomic mass is 9.86. The summed E-state index contributed by atoms with van der Waals surface area (Å²) in [6.07, 6.45) is 2.31. The molecule has 2 aromatic carbocycles. The van der Waals surface area contributed by atoms with Gasteiger partial charge >= 0.3 is 6.09 Å². The fourth-order valence-electron chi connectivity index (χ4n) is 3.86. The highest BCUT2D eigenvalue weighted by Crippen LogP contribution is 2.40. The molecule has 1 amide bonds. The SMILES string of the molecule is Cc1cccc(C(=O)c2c(NC(=O)OCc3ccccc3)sc3c2CCC(C)C3)c1. The van der Waals surface area contributed by atoms with Gasteiger partial charge in [0.2, 0.25) is 0 Å². The Balaban J connectivity index is 1.60. The van der Waals surface area contributed by atoms with Crippen LogP contribution in [0, 0.1) is 12.8 Å². The Morgan fingerprint density at radius 2 is 1.93 bits per heavy atom. The third-order valence-electron chi connectivity index (χ3n) is 5.45. The minimum Gasteiger partial charge on any atom is -0.444 e. The van der Waals surface area contributed by atoms with E-state index in [2.05, 4.69) is 12.2 Å². The first-order valence-corrected chi connectivity index (χ1v) is 11.1. The van der Waals surface area contributed by atoms with E-state index in [9.17, 15) is 9.59 Å². The van der Waals surface area contributed by atoms with Gasteiger partial charge in [-0.15, -0.1) is 11.3 Å². The van der Waals surface area contributed by atoms with Gasteiger partial charge in [-0.3, -0.25) is 10.1 Å². The van der Waals surface area contributed by atoms with Crippen LogP contribution in [0.5, 0.6) is 0 Å². The molecule has 1 atom stereocenters. The van der Waals surface area contributed by atoms with Crippen LogP contribution in [-0.2, 0) is 24.2 Å². The van der Waals surface area contributed by atoms with Crippen molar-refractivity contribution in [1.82, 2.24) is 0 Å². The van der Waals surface area contributed by atoms with Crippen LogP contribution in [0.4, 0.5) is 9.80 Å². The van der Waals surface area contributed by atoms with E-state index in [1.807, 2.05) is 61.5 Å². The minimum absolute atomic E-state index is 0.0379. The molecule has 0 aliphatic heterocycles. The molecular formula is C25H25NO3S. The Morgan fingerprint density at radius 1 is 1.13 bits per heavy atom. The first kappa shape index (κ1) is 20.4. The van der Waals surface area contributed by atoms with Crippen molar-refractivity contribution in [2.45, 2.75) is 39.7 Å². The first-order valence-electron chi connectivity index (χ1n) is 10.2. The fraction of sp³-hybridized carbons (Fsp3) is 0.280. The lowest BCUT2D eigenvalue weighted by Crippen LogP contribution is -2.16. The number of benzene rings is 2. The molecule has 0 spiro atoms. The molecule has 0 fully saturated rings. The number of hydrogen-bond donors (Lipinski definition) is 1. The number of aryl methyl sites for hydroxylation is 1. The third kappa shape index (κ3) is 4.46. The molecule has 1 aliphatic rings. The second-order valence-electron chi connectivity index (χ2n) is 7.94. The van der Waals surface area contributed by atoms with Crippen molar-refractivity contribution in [2.75, 3.05) is 5.32 Å². The van der Waals surface area contributed by atoms with E-state index in [-0.39, 0.29) is 12.4 Å². The summed E-state index contributed by atoms with van der Waals surface area (Å²) in [5.41, 5.74) is 4.32. The van der Waals surface area contributed by atoms with E-state index in [0.717, 1.165) is 36.0 Å². The van der Waals surface area contributed by atoms with Gasteiger partial charge in [0.15, 0.2) is 5.78 Å². The summed E-state index contributed by atoms with van der Waals surface area (Å²) in [4.78, 5) is 27.1. The predicted octanol–water partition coefficient (Wildman–Crippen LogP) is 6.16. The highest BCUT2D eigenvalue weighted by atomic mass is 32.1. The van der Waals surface area contributed by atoms with Crippen LogP contribution >= 0.6 is 11.3 Å². The lowest BCUT2D eigenvalue weighted by molar-refractivity contribution is 0.103. The molecule has 0 saturated carbocycles. The van der Waals surface area contributed by atoms with Crippen LogP contribution in [0.1, 0.15) is 50.8 Å². The van der Waals surface area contributed by atoms with Crippen LogP contribution in [0.25, 0.3) is 0 Å². The molecule has 0 radical (unpaired) electrons. The van der Waals surface area contributed by atoms with Crippen LogP contribution in [0.15, 0.2) is 54.6 Å². The van der Waals surface area contributed by atoms with Gasteiger partial charge in [-0.25, -0.2) is 4.79 Å². The number of anilines is 1. The van der Waals surface area contributed by atoms with E-state index in [1.165, 1.54) is 16.2 Å². The molecule has 4 rings (SSSR count). The molecule has 30 heavy (non-hydrogen) atoms. The summed E-state index contributed by atoms with van der Waals surface area (Å²) in [7, 11) is 0. The summed E-state index contributed by atoms with van der Waals surface area (Å²) in [6, 6.07) is 17.2. The van der Waals surface area contributed by atoms with Crippen molar-refractivity contribution < 1.29 is 14.3 Å². The van der Waals surface area contributed by atoms with Gasteiger partial charge in [-0.2, -0.15) is 0 Å². The van der Waals surface area contributed by atoms with Crippen LogP contribution in [-0.4, -0.2) is 11.9 Å². The van der Waals surface area contributed by atoms with E-state index in [4.69, 9.17) is 4.74 Å². The molecule has 1 aliphatic carbocycles. The Morgan fingerprint density at radius 3 is 2.70 bits per heavy atom. The van der Waals surface area contributed by atoms with Crippen LogP contribution in [0.2, 0.25) is 0 Å². The highest BCUT2D eigenvalue weighted by molar-refractivity contribution is 7.17. The number of rotatable bonds is 5. The number of fused-ring (bicyclic) bond motifs is 1. The van der Waals surface area contributed by atoms with E-state index >= 15 is 0 Å². The van der Waals surface area contributed by atoms with Crippen molar-refractivity contribution in [3.8, 4) is 0 Å². The van der Waals surface area contributed by atoms with Crippen molar-refractivity contribution >= 4 is 28.2 Å². The van der Waals surface area contributed by atoms with E-state index in [1.54, 1.807) is 0 Å². The zero-order chi connectivity index (χ0) is 21.1. The molecule has 0 bridgehead atoms. The van der Waals surface area contributed by atoms with Crippen molar-refractivity contribution in [3.63, 3.8) is 0 Å². The summed E-state index contributed by atoms with van der Waals surface area (Å²) in [6.45, 7) is 4.39. The molecule has 1 aromatic heterocycles. The lowest BCUT2D eigenvalue weighted by Gasteiger charge is -2.18. The number of hydrogen-bond acceptors (Lipinski definition) is 4. The van der Waals surface area contributed by atoms with E-state index in [0.29, 0.717) is 22.0 Å². The predicted molar refractivity (Wildman–Crippen MR) is 120 cm³/mol. The highest BCUT2D eigenvalue weighted by Gasteiger charge is 2.29. The molecule has 3 aromatic rings. The number of carbonyl (C=O) groups is 2. The smallest absolute Gasteiger partial charge is 0.412 e. The quantitative estimate of drug-likeness (QED) is 0.504. The Labute approximate surface area is 180 Å². The summed E-state index contributed by atoms with van der Waals surface area (Å²) < 4.78 is 5.39. The second kappa shape index (κ2) is 8.84. The van der Waals surface area contributed by atoms with Gasteiger partial charge in [0.25, 0.3) is 0 Å². The number of ketones is 1. The minimum atomic E-state index is -0.538. The Hall–Kier alpha value is -2.92. The molecule has 1 N–H and O–H groups in total. The fourth-order valence-corrected chi connectivity index (χ4v) is 5.26. The molecular weight excluding hydrogens is 394 g/mol. The summed E-state index contributed by atoms with van der Waals surface area (Å²) >= 11 is 1.51. The average molecular weight is 420 g/mol. The zero-order valence-corrected chi connectivity index (χ0v) is 18.1. The van der Waals surface area contributed by atoms with Crippen molar-refractivity contribution in [2.24, 2.45) is 5.92 Å². The van der Waals surface area contributed by atoms with Crippen LogP contribution in [0.3, 0.4) is 0 Å². The maximum Gasteiger partial charge on any atom is 0.412 e. The van der Waals surface area contributed by atoms with Crippen molar-refractivity contribution in [3.05, 3.63) is 87.3 Å². The molecule has 0 saturated heterocycles. The maximum atomic E-state index is 13.4. The van der Waals surface area contributed by atoms with Gasteiger partial charge in [-0.05, 0) is 49.3 Å². The molecule has 154 valence electrons.